The lowest BCUT2D eigenvalue weighted by molar-refractivity contribution is -0.385. The molecule has 1 aromatic heterocycles. The van der Waals surface area contributed by atoms with Crippen LogP contribution in [0.15, 0.2) is 53.4 Å². The number of nitrogens with one attached hydrogen (secondary N) is 1. The van der Waals surface area contributed by atoms with Gasteiger partial charge in [-0.15, -0.1) is 0 Å². The minimum Gasteiger partial charge on any atom is -0.437 e. The predicted molar refractivity (Wildman–Crippen MR) is 132 cm³/mol. The van der Waals surface area contributed by atoms with Gasteiger partial charge < -0.3 is 14.8 Å². The molecule has 1 saturated heterocycles. The average Bonchev–Trinajstić information content (AvgIpc) is 3.66. The van der Waals surface area contributed by atoms with E-state index in [4.69, 9.17) is 9.47 Å². The Kier molecular flexibility index (Phi) is 6.67. The van der Waals surface area contributed by atoms with Crippen LogP contribution in [0.1, 0.15) is 28.9 Å². The minimum atomic E-state index is -4.16. The van der Waals surface area contributed by atoms with E-state index in [1.807, 2.05) is 6.07 Å². The zero-order chi connectivity index (χ0) is 26.2. The fourth-order valence-corrected chi connectivity index (χ4v) is 5.51. The molecule has 2 heterocycles. The summed E-state index contributed by atoms with van der Waals surface area (Å²) in [7, 11) is -4.16. The Morgan fingerprint density at radius 3 is 2.51 bits per heavy atom. The molecule has 13 heteroatoms. The third-order valence-electron chi connectivity index (χ3n) is 6.13. The highest BCUT2D eigenvalue weighted by atomic mass is 32.2. The molecule has 0 unspecified atom stereocenters. The number of morpholine rings is 1. The van der Waals surface area contributed by atoms with Gasteiger partial charge in [-0.25, -0.2) is 8.42 Å². The van der Waals surface area contributed by atoms with Gasteiger partial charge in [0.2, 0.25) is 15.9 Å². The number of rotatable bonds is 8. The van der Waals surface area contributed by atoms with Crippen molar-refractivity contribution in [3.8, 4) is 17.3 Å². The van der Waals surface area contributed by atoms with Crippen LogP contribution in [-0.2, 0) is 14.8 Å². The molecule has 2 aromatic carbocycles. The Hall–Kier alpha value is -3.81. The second-order valence-electron chi connectivity index (χ2n) is 8.78. The van der Waals surface area contributed by atoms with E-state index >= 15 is 0 Å². The number of sulfonamides is 1. The van der Waals surface area contributed by atoms with Gasteiger partial charge in [0.25, 0.3) is 11.6 Å². The Morgan fingerprint density at radius 2 is 1.86 bits per heavy atom. The summed E-state index contributed by atoms with van der Waals surface area (Å²) >= 11 is 0. The monoisotopic (exact) mass is 527 g/mol. The fourth-order valence-electron chi connectivity index (χ4n) is 3.97. The van der Waals surface area contributed by atoms with Gasteiger partial charge in [-0.05, 0) is 38.0 Å². The summed E-state index contributed by atoms with van der Waals surface area (Å²) in [6, 6.07) is 12.5. The smallest absolute Gasteiger partial charge is 0.272 e. The minimum absolute atomic E-state index is 0.108. The second kappa shape index (κ2) is 9.92. The molecule has 0 bridgehead atoms. The predicted octanol–water partition coefficient (Wildman–Crippen LogP) is 2.79. The van der Waals surface area contributed by atoms with Crippen LogP contribution in [0, 0.1) is 17.0 Å². The zero-order valence-electron chi connectivity index (χ0n) is 20.0. The number of amides is 1. The highest BCUT2D eigenvalue weighted by Gasteiger charge is 2.33. The largest absolute Gasteiger partial charge is 0.437 e. The lowest BCUT2D eigenvalue weighted by Crippen LogP contribution is -2.40. The normalized spacial score (nSPS) is 16.4. The molecule has 3 aromatic rings. The maximum absolute atomic E-state index is 13.5. The van der Waals surface area contributed by atoms with Gasteiger partial charge in [0, 0.05) is 36.8 Å². The number of hydrogen-bond donors (Lipinski definition) is 1. The Bertz CT molecular complexity index is 1450. The first-order chi connectivity index (χ1) is 17.8. The number of carbonyl (C=O) groups is 1. The van der Waals surface area contributed by atoms with Crippen LogP contribution in [0.4, 0.5) is 5.69 Å². The highest BCUT2D eigenvalue weighted by molar-refractivity contribution is 7.89. The van der Waals surface area contributed by atoms with Crippen molar-refractivity contribution < 1.29 is 27.6 Å². The van der Waals surface area contributed by atoms with Crippen LogP contribution in [0.2, 0.25) is 0 Å². The third kappa shape index (κ3) is 5.05. The van der Waals surface area contributed by atoms with Gasteiger partial charge in [0.05, 0.1) is 23.8 Å². The van der Waals surface area contributed by atoms with Crippen molar-refractivity contribution in [2.75, 3.05) is 26.3 Å². The molecule has 1 saturated carbocycles. The van der Waals surface area contributed by atoms with Gasteiger partial charge in [0.1, 0.15) is 10.6 Å². The molecule has 0 spiro atoms. The molecule has 1 aliphatic heterocycles. The van der Waals surface area contributed by atoms with E-state index in [1.165, 1.54) is 21.1 Å². The van der Waals surface area contributed by atoms with Crippen molar-refractivity contribution in [2.24, 2.45) is 0 Å². The summed E-state index contributed by atoms with van der Waals surface area (Å²) in [4.78, 5) is 23.3. The average molecular weight is 528 g/mol. The topological polar surface area (TPSA) is 146 Å². The number of nitro groups is 1. The maximum atomic E-state index is 13.5. The van der Waals surface area contributed by atoms with Crippen molar-refractivity contribution in [2.45, 2.75) is 30.7 Å². The molecule has 37 heavy (non-hydrogen) atoms. The first kappa shape index (κ1) is 24.9. The van der Waals surface area contributed by atoms with Crippen molar-refractivity contribution in [3.63, 3.8) is 0 Å². The number of aromatic nitrogens is 2. The number of para-hydroxylation sites is 1. The van der Waals surface area contributed by atoms with Crippen molar-refractivity contribution in [1.29, 1.82) is 0 Å². The number of nitrogens with zero attached hydrogens (tertiary/aromatic N) is 4. The molecular weight excluding hydrogens is 502 g/mol. The quantitative estimate of drug-likeness (QED) is 0.348. The molecule has 194 valence electrons. The van der Waals surface area contributed by atoms with Gasteiger partial charge in [-0.2, -0.15) is 14.1 Å². The van der Waals surface area contributed by atoms with Crippen molar-refractivity contribution in [1.82, 2.24) is 19.4 Å². The van der Waals surface area contributed by atoms with Crippen LogP contribution in [0.5, 0.6) is 11.6 Å². The van der Waals surface area contributed by atoms with Crippen LogP contribution in [-0.4, -0.2) is 65.7 Å². The van der Waals surface area contributed by atoms with E-state index in [1.54, 1.807) is 31.2 Å². The standard InChI is InChI=1S/C24H25N5O7S/c1-16-22(23(30)25-17-7-8-17)26-28(18-5-3-2-4-6-18)24(16)36-20-10-9-19(29(31)32)15-21(20)37(33,34)27-11-13-35-14-12-27/h2-6,9-10,15,17H,7-8,11-14H2,1H3,(H,25,30). The molecule has 1 amide bonds. The van der Waals surface area contributed by atoms with Gasteiger partial charge in [-0.1, -0.05) is 18.2 Å². The van der Waals surface area contributed by atoms with E-state index in [0.29, 0.717) is 11.3 Å². The first-order valence-corrected chi connectivity index (χ1v) is 13.2. The molecular formula is C24H25N5O7S. The summed E-state index contributed by atoms with van der Waals surface area (Å²) in [6.45, 7) is 2.30. The van der Waals surface area contributed by atoms with Gasteiger partial charge >= 0.3 is 0 Å². The van der Waals surface area contributed by atoms with Crippen LogP contribution >= 0.6 is 0 Å². The van der Waals surface area contributed by atoms with Gasteiger partial charge in [-0.3, -0.25) is 14.9 Å². The first-order valence-electron chi connectivity index (χ1n) is 11.8. The number of hydrogen-bond acceptors (Lipinski definition) is 8. The SMILES string of the molecule is Cc1c(C(=O)NC2CC2)nn(-c2ccccc2)c1Oc1ccc([N+](=O)[O-])cc1S(=O)(=O)N1CCOCC1. The molecule has 1 N–H and O–H groups in total. The fraction of sp³-hybridized carbons (Fsp3) is 0.333. The van der Waals surface area contributed by atoms with Crippen LogP contribution < -0.4 is 10.1 Å². The Morgan fingerprint density at radius 1 is 1.16 bits per heavy atom. The molecule has 5 rings (SSSR count). The van der Waals surface area contributed by atoms with E-state index in [0.717, 1.165) is 18.9 Å². The second-order valence-corrected chi connectivity index (χ2v) is 10.7. The van der Waals surface area contributed by atoms with Crippen molar-refractivity contribution in [3.05, 3.63) is 69.9 Å². The number of non-ortho nitro benzene ring substituents is 1. The molecule has 1 aliphatic carbocycles. The number of benzene rings is 2. The lowest BCUT2D eigenvalue weighted by atomic mass is 10.2. The number of carbonyl (C=O) groups excluding carboxylic acids is 1. The zero-order valence-corrected chi connectivity index (χ0v) is 20.8. The summed E-state index contributed by atoms with van der Waals surface area (Å²) < 4.78 is 41.1. The molecule has 2 fully saturated rings. The van der Waals surface area contributed by atoms with E-state index in [9.17, 15) is 23.3 Å². The van der Waals surface area contributed by atoms with Gasteiger partial charge in [0.15, 0.2) is 5.69 Å². The van der Waals surface area contributed by atoms with E-state index < -0.39 is 20.6 Å². The summed E-state index contributed by atoms with van der Waals surface area (Å²) in [5.41, 5.74) is 0.739. The van der Waals surface area contributed by atoms with Crippen LogP contribution in [0.3, 0.4) is 0 Å². The Balaban J connectivity index is 1.61. The van der Waals surface area contributed by atoms with E-state index in [2.05, 4.69) is 10.4 Å². The molecule has 12 nitrogen and oxygen atoms in total. The lowest BCUT2D eigenvalue weighted by Gasteiger charge is -2.26. The van der Waals surface area contributed by atoms with Crippen molar-refractivity contribution >= 4 is 21.6 Å². The summed E-state index contributed by atoms with van der Waals surface area (Å²) in [5.74, 6) is -0.352. The highest BCUT2D eigenvalue weighted by Crippen LogP contribution is 2.37. The number of nitro benzene ring substituents is 1. The van der Waals surface area contributed by atoms with E-state index in [-0.39, 0.29) is 60.5 Å². The summed E-state index contributed by atoms with van der Waals surface area (Å²) in [6.07, 6.45) is 1.80. The summed E-state index contributed by atoms with van der Waals surface area (Å²) in [5, 5.41) is 18.9. The molecule has 2 aliphatic rings. The van der Waals surface area contributed by atoms with Crippen LogP contribution in [0.25, 0.3) is 5.69 Å². The molecule has 0 atom stereocenters. The molecule has 0 radical (unpaired) electrons. The third-order valence-corrected chi connectivity index (χ3v) is 8.05. The Labute approximate surface area is 213 Å². The maximum Gasteiger partial charge on any atom is 0.272 e. The number of ether oxygens (including phenoxy) is 2.